The Kier molecular flexibility index (Phi) is 5.44. The number of rotatable bonds is 7. The third-order valence-electron chi connectivity index (χ3n) is 3.01. The van der Waals surface area contributed by atoms with Crippen LogP contribution in [0.15, 0.2) is 48.5 Å². The van der Waals surface area contributed by atoms with E-state index in [1.807, 2.05) is 50.4 Å². The molecule has 0 saturated heterocycles. The molecule has 0 amide bonds. The van der Waals surface area contributed by atoms with Gasteiger partial charge in [0.15, 0.2) is 0 Å². The second-order valence-corrected chi connectivity index (χ2v) is 4.64. The van der Waals surface area contributed by atoms with Gasteiger partial charge in [0.1, 0.15) is 24.7 Å². The van der Waals surface area contributed by atoms with Crippen molar-refractivity contribution >= 4 is 0 Å². The van der Waals surface area contributed by atoms with Crippen LogP contribution in [0.3, 0.4) is 0 Å². The van der Waals surface area contributed by atoms with E-state index in [0.29, 0.717) is 13.2 Å². The van der Waals surface area contributed by atoms with Crippen LogP contribution in [0.4, 0.5) is 0 Å². The van der Waals surface area contributed by atoms with Crippen molar-refractivity contribution in [1.82, 2.24) is 5.32 Å². The number of benzene rings is 2. The Bertz CT molecular complexity index is 523. The first-order valence-corrected chi connectivity index (χ1v) is 6.84. The fraction of sp³-hybridized carbons (Fsp3) is 0.294. The highest BCUT2D eigenvalue weighted by atomic mass is 16.5. The minimum atomic E-state index is 0.541. The van der Waals surface area contributed by atoms with E-state index in [0.717, 1.165) is 23.6 Å². The highest BCUT2D eigenvalue weighted by Crippen LogP contribution is 2.16. The van der Waals surface area contributed by atoms with E-state index in [4.69, 9.17) is 9.47 Å². The highest BCUT2D eigenvalue weighted by Gasteiger charge is 1.98. The number of para-hydroxylation sites is 1. The Labute approximate surface area is 120 Å². The van der Waals surface area contributed by atoms with Crippen LogP contribution in [0.2, 0.25) is 0 Å². The summed E-state index contributed by atoms with van der Waals surface area (Å²) >= 11 is 0. The van der Waals surface area contributed by atoms with Crippen molar-refractivity contribution in [3.05, 3.63) is 59.7 Å². The van der Waals surface area contributed by atoms with E-state index in [-0.39, 0.29) is 0 Å². The SMILES string of the molecule is CNCc1ccc(OCCOc2ccccc2C)cc1. The number of aryl methyl sites for hydroxylation is 1. The lowest BCUT2D eigenvalue weighted by atomic mass is 10.2. The first-order chi connectivity index (χ1) is 9.79. The van der Waals surface area contributed by atoms with Crippen molar-refractivity contribution in [2.75, 3.05) is 20.3 Å². The topological polar surface area (TPSA) is 30.5 Å². The number of ether oxygens (including phenoxy) is 2. The standard InChI is InChI=1S/C17H21NO2/c1-14-5-3-4-6-17(14)20-12-11-19-16-9-7-15(8-10-16)13-18-2/h3-10,18H,11-13H2,1-2H3. The molecule has 2 aromatic rings. The third-order valence-corrected chi connectivity index (χ3v) is 3.01. The van der Waals surface area contributed by atoms with Gasteiger partial charge in [-0.15, -0.1) is 0 Å². The van der Waals surface area contributed by atoms with Crippen LogP contribution in [0.5, 0.6) is 11.5 Å². The average molecular weight is 271 g/mol. The number of hydrogen-bond acceptors (Lipinski definition) is 3. The van der Waals surface area contributed by atoms with E-state index in [9.17, 15) is 0 Å². The molecule has 0 aliphatic carbocycles. The fourth-order valence-corrected chi connectivity index (χ4v) is 1.94. The average Bonchev–Trinajstić information content (AvgIpc) is 2.47. The maximum Gasteiger partial charge on any atom is 0.122 e. The van der Waals surface area contributed by atoms with Crippen LogP contribution in [-0.2, 0) is 6.54 Å². The summed E-state index contributed by atoms with van der Waals surface area (Å²) < 4.78 is 11.3. The molecule has 0 bridgehead atoms. The Hall–Kier alpha value is -2.00. The molecule has 0 radical (unpaired) electrons. The molecule has 3 heteroatoms. The molecule has 106 valence electrons. The summed E-state index contributed by atoms with van der Waals surface area (Å²) in [6.07, 6.45) is 0. The van der Waals surface area contributed by atoms with Crippen molar-refractivity contribution in [2.24, 2.45) is 0 Å². The number of nitrogens with one attached hydrogen (secondary N) is 1. The molecule has 0 atom stereocenters. The predicted molar refractivity (Wildman–Crippen MR) is 81.4 cm³/mol. The summed E-state index contributed by atoms with van der Waals surface area (Å²) in [5.41, 5.74) is 2.39. The Morgan fingerprint density at radius 2 is 1.60 bits per heavy atom. The van der Waals surface area contributed by atoms with Gasteiger partial charge < -0.3 is 14.8 Å². The molecule has 0 fully saturated rings. The van der Waals surface area contributed by atoms with Gasteiger partial charge >= 0.3 is 0 Å². The van der Waals surface area contributed by atoms with Crippen LogP contribution in [0.25, 0.3) is 0 Å². The molecular formula is C17H21NO2. The molecule has 0 spiro atoms. The van der Waals surface area contributed by atoms with Crippen LogP contribution in [0.1, 0.15) is 11.1 Å². The van der Waals surface area contributed by atoms with E-state index >= 15 is 0 Å². The molecule has 0 aliphatic heterocycles. The van der Waals surface area contributed by atoms with E-state index in [2.05, 4.69) is 17.4 Å². The van der Waals surface area contributed by atoms with Crippen molar-refractivity contribution in [2.45, 2.75) is 13.5 Å². The summed E-state index contributed by atoms with van der Waals surface area (Å²) in [5, 5.41) is 3.12. The van der Waals surface area contributed by atoms with Gasteiger partial charge in [0.2, 0.25) is 0 Å². The summed E-state index contributed by atoms with van der Waals surface area (Å²) in [6, 6.07) is 16.1. The first-order valence-electron chi connectivity index (χ1n) is 6.84. The maximum absolute atomic E-state index is 5.69. The van der Waals surface area contributed by atoms with Crippen molar-refractivity contribution in [3.8, 4) is 11.5 Å². The summed E-state index contributed by atoms with van der Waals surface area (Å²) in [4.78, 5) is 0. The lowest BCUT2D eigenvalue weighted by Gasteiger charge is -2.10. The molecule has 0 saturated carbocycles. The van der Waals surface area contributed by atoms with Gasteiger partial charge in [-0.05, 0) is 43.3 Å². The monoisotopic (exact) mass is 271 g/mol. The second-order valence-electron chi connectivity index (χ2n) is 4.64. The lowest BCUT2D eigenvalue weighted by molar-refractivity contribution is 0.216. The van der Waals surface area contributed by atoms with Crippen LogP contribution in [-0.4, -0.2) is 20.3 Å². The van der Waals surface area contributed by atoms with Crippen molar-refractivity contribution in [1.29, 1.82) is 0 Å². The Morgan fingerprint density at radius 3 is 2.30 bits per heavy atom. The third kappa shape index (κ3) is 4.28. The molecule has 2 aromatic carbocycles. The molecule has 3 nitrogen and oxygen atoms in total. The first kappa shape index (κ1) is 14.4. The van der Waals surface area contributed by atoms with Crippen molar-refractivity contribution < 1.29 is 9.47 Å². The molecular weight excluding hydrogens is 250 g/mol. The van der Waals surface area contributed by atoms with Crippen LogP contribution >= 0.6 is 0 Å². The van der Waals surface area contributed by atoms with Crippen LogP contribution < -0.4 is 14.8 Å². The molecule has 0 heterocycles. The van der Waals surface area contributed by atoms with E-state index in [1.54, 1.807) is 0 Å². The lowest BCUT2D eigenvalue weighted by Crippen LogP contribution is -2.09. The summed E-state index contributed by atoms with van der Waals surface area (Å²) in [7, 11) is 1.94. The minimum Gasteiger partial charge on any atom is -0.490 e. The molecule has 0 unspecified atom stereocenters. The van der Waals surface area contributed by atoms with Gasteiger partial charge in [0, 0.05) is 6.54 Å². The second kappa shape index (κ2) is 7.56. The largest absolute Gasteiger partial charge is 0.490 e. The molecule has 0 aromatic heterocycles. The van der Waals surface area contributed by atoms with E-state index in [1.165, 1.54) is 5.56 Å². The fourth-order valence-electron chi connectivity index (χ4n) is 1.94. The molecule has 0 aliphatic rings. The smallest absolute Gasteiger partial charge is 0.122 e. The molecule has 20 heavy (non-hydrogen) atoms. The zero-order chi connectivity index (χ0) is 14.2. The van der Waals surface area contributed by atoms with Gasteiger partial charge in [0.05, 0.1) is 0 Å². The summed E-state index contributed by atoms with van der Waals surface area (Å²) in [5.74, 6) is 1.79. The minimum absolute atomic E-state index is 0.541. The summed E-state index contributed by atoms with van der Waals surface area (Å²) in [6.45, 7) is 4.00. The van der Waals surface area contributed by atoms with Gasteiger partial charge in [-0.2, -0.15) is 0 Å². The van der Waals surface area contributed by atoms with Gasteiger partial charge in [-0.1, -0.05) is 30.3 Å². The van der Waals surface area contributed by atoms with Gasteiger partial charge in [-0.3, -0.25) is 0 Å². The Morgan fingerprint density at radius 1 is 0.900 bits per heavy atom. The Balaban J connectivity index is 1.74. The number of hydrogen-bond donors (Lipinski definition) is 1. The van der Waals surface area contributed by atoms with Crippen LogP contribution in [0, 0.1) is 6.92 Å². The molecule has 2 rings (SSSR count). The quantitative estimate of drug-likeness (QED) is 0.785. The normalized spacial score (nSPS) is 10.3. The zero-order valence-electron chi connectivity index (χ0n) is 12.1. The van der Waals surface area contributed by atoms with E-state index < -0.39 is 0 Å². The van der Waals surface area contributed by atoms with Gasteiger partial charge in [0.25, 0.3) is 0 Å². The van der Waals surface area contributed by atoms with Gasteiger partial charge in [-0.25, -0.2) is 0 Å². The zero-order valence-corrected chi connectivity index (χ0v) is 12.1. The van der Waals surface area contributed by atoms with Crippen molar-refractivity contribution in [3.63, 3.8) is 0 Å². The highest BCUT2D eigenvalue weighted by molar-refractivity contribution is 5.31. The predicted octanol–water partition coefficient (Wildman–Crippen LogP) is 3.17. The molecule has 1 N–H and O–H groups in total. The maximum atomic E-state index is 5.69.